The summed E-state index contributed by atoms with van der Waals surface area (Å²) in [5.74, 6) is 0.374. The molecule has 3 aliphatic rings. The number of hydrogen-bond donors (Lipinski definition) is 1. The number of carboxylic acid groups (broad SMARTS) is 1. The van der Waals surface area contributed by atoms with Gasteiger partial charge in [0.05, 0.1) is 23.8 Å². The Balaban J connectivity index is 1.34. The molecule has 3 aliphatic heterocycles. The number of benzene rings is 3. The van der Waals surface area contributed by atoms with E-state index in [1.807, 2.05) is 66.7 Å². The minimum Gasteiger partial charge on any atom is -0.465 e. The first-order chi connectivity index (χ1) is 18.6. The Bertz CT molecular complexity index is 1510. The van der Waals surface area contributed by atoms with Gasteiger partial charge in [-0.05, 0) is 67.2 Å². The van der Waals surface area contributed by atoms with Gasteiger partial charge in [-0.25, -0.2) is 9.48 Å². The lowest BCUT2D eigenvalue weighted by Crippen LogP contribution is -2.59. The van der Waals surface area contributed by atoms with Crippen molar-refractivity contribution in [3.63, 3.8) is 0 Å². The molecule has 1 amide bonds. The minimum absolute atomic E-state index is 0.0607. The summed E-state index contributed by atoms with van der Waals surface area (Å²) < 4.78 is 1.77. The fourth-order valence-electron chi connectivity index (χ4n) is 5.85. The third-order valence-corrected chi connectivity index (χ3v) is 7.79. The molecule has 0 radical (unpaired) electrons. The quantitative estimate of drug-likeness (QED) is 0.346. The average molecular weight is 508 g/mol. The summed E-state index contributed by atoms with van der Waals surface area (Å²) in [6.45, 7) is 3.37. The van der Waals surface area contributed by atoms with Gasteiger partial charge in [0.15, 0.2) is 0 Å². The highest BCUT2D eigenvalue weighted by Gasteiger charge is 2.40. The van der Waals surface area contributed by atoms with E-state index < -0.39 is 6.09 Å². The van der Waals surface area contributed by atoms with E-state index in [-0.39, 0.29) is 6.04 Å². The molecule has 192 valence electrons. The van der Waals surface area contributed by atoms with Gasteiger partial charge in [-0.15, -0.1) is 5.10 Å². The van der Waals surface area contributed by atoms with Crippen molar-refractivity contribution in [2.75, 3.05) is 24.5 Å². The summed E-state index contributed by atoms with van der Waals surface area (Å²) in [6.07, 6.45) is 5.94. The molecule has 1 atom stereocenters. The first-order valence-electron chi connectivity index (χ1n) is 13.0. The summed E-state index contributed by atoms with van der Waals surface area (Å²) in [5, 5.41) is 18.8. The maximum Gasteiger partial charge on any atom is 0.412 e. The number of aromatic nitrogens is 3. The van der Waals surface area contributed by atoms with E-state index in [0.717, 1.165) is 66.7 Å². The van der Waals surface area contributed by atoms with Crippen molar-refractivity contribution in [2.45, 2.75) is 25.4 Å². The monoisotopic (exact) mass is 507 g/mol. The molecule has 0 unspecified atom stereocenters. The molecule has 1 N–H and O–H groups in total. The standard InChI is InChI=1S/C30H29N5O3/c36-20-22-9-11-27-26(17-22)31-32-34(27)14-4-5-21-8-10-25(23-6-2-1-3-7-23)28(18-21)35(30(37)38)29-19-33-15-12-24(29)13-16-33/h1-11,17-18,20,24,29H,12-16,19H2,(H,37,38)/b5-4+/t29-/m0/s1. The van der Waals surface area contributed by atoms with E-state index in [1.54, 1.807) is 21.7 Å². The highest BCUT2D eigenvalue weighted by atomic mass is 16.4. The number of anilines is 1. The molecule has 4 aromatic rings. The lowest BCUT2D eigenvalue weighted by molar-refractivity contribution is 0.0838. The molecule has 0 saturated carbocycles. The summed E-state index contributed by atoms with van der Waals surface area (Å²) >= 11 is 0. The lowest BCUT2D eigenvalue weighted by Gasteiger charge is -2.48. The van der Waals surface area contributed by atoms with Gasteiger partial charge in [-0.1, -0.05) is 59.8 Å². The Labute approximate surface area is 220 Å². The van der Waals surface area contributed by atoms with Crippen LogP contribution in [0.1, 0.15) is 28.8 Å². The van der Waals surface area contributed by atoms with Gasteiger partial charge < -0.3 is 10.0 Å². The second-order valence-electron chi connectivity index (χ2n) is 10.0. The smallest absolute Gasteiger partial charge is 0.412 e. The first-order valence-corrected chi connectivity index (χ1v) is 13.0. The number of carbonyl (C=O) groups is 2. The number of fused-ring (bicyclic) bond motifs is 4. The van der Waals surface area contributed by atoms with Crippen LogP contribution in [0.2, 0.25) is 0 Å². The number of carbonyl (C=O) groups excluding carboxylic acids is 1. The molecule has 7 rings (SSSR count). The molecular weight excluding hydrogens is 478 g/mol. The number of piperidine rings is 3. The molecule has 4 heterocycles. The molecule has 8 heteroatoms. The van der Waals surface area contributed by atoms with E-state index in [4.69, 9.17) is 0 Å². The second kappa shape index (κ2) is 10.2. The van der Waals surface area contributed by atoms with Crippen molar-refractivity contribution < 1.29 is 14.7 Å². The molecule has 38 heavy (non-hydrogen) atoms. The van der Waals surface area contributed by atoms with Crippen LogP contribution in [-0.2, 0) is 6.54 Å². The molecule has 0 aliphatic carbocycles. The van der Waals surface area contributed by atoms with Crippen molar-refractivity contribution in [3.05, 3.63) is 83.9 Å². The van der Waals surface area contributed by atoms with E-state index in [9.17, 15) is 14.7 Å². The van der Waals surface area contributed by atoms with Crippen LogP contribution in [0.25, 0.3) is 28.2 Å². The number of aldehydes is 1. The van der Waals surface area contributed by atoms with Gasteiger partial charge in [0.2, 0.25) is 0 Å². The van der Waals surface area contributed by atoms with Crippen molar-refractivity contribution in [1.82, 2.24) is 19.9 Å². The summed E-state index contributed by atoms with van der Waals surface area (Å²) in [6, 6.07) is 21.3. The molecule has 2 bridgehead atoms. The van der Waals surface area contributed by atoms with E-state index in [2.05, 4.69) is 15.2 Å². The maximum atomic E-state index is 12.8. The van der Waals surface area contributed by atoms with E-state index >= 15 is 0 Å². The molecule has 0 spiro atoms. The van der Waals surface area contributed by atoms with Gasteiger partial charge in [-0.2, -0.15) is 0 Å². The van der Waals surface area contributed by atoms with Gasteiger partial charge >= 0.3 is 6.09 Å². The van der Waals surface area contributed by atoms with Crippen molar-refractivity contribution in [3.8, 4) is 11.1 Å². The highest BCUT2D eigenvalue weighted by Crippen LogP contribution is 2.38. The number of nitrogens with zero attached hydrogens (tertiary/aromatic N) is 5. The Hall–Kier alpha value is -4.30. The highest BCUT2D eigenvalue weighted by molar-refractivity contribution is 5.94. The van der Waals surface area contributed by atoms with Crippen LogP contribution in [-0.4, -0.2) is 63.1 Å². The zero-order valence-electron chi connectivity index (χ0n) is 21.0. The normalized spacial score (nSPS) is 20.7. The van der Waals surface area contributed by atoms with Crippen LogP contribution in [0.4, 0.5) is 10.5 Å². The SMILES string of the molecule is O=Cc1ccc2c(c1)nnn2C/C=C/c1ccc(-c2ccccc2)c(N(C(=O)O)[C@H]2CN3CCC2CC3)c1. The van der Waals surface area contributed by atoms with Crippen LogP contribution in [0.15, 0.2) is 72.8 Å². The summed E-state index contributed by atoms with van der Waals surface area (Å²) in [4.78, 5) is 27.8. The van der Waals surface area contributed by atoms with Crippen LogP contribution < -0.4 is 4.90 Å². The molecule has 1 aromatic heterocycles. The third kappa shape index (κ3) is 4.59. The van der Waals surface area contributed by atoms with Crippen LogP contribution in [0.3, 0.4) is 0 Å². The third-order valence-electron chi connectivity index (χ3n) is 7.79. The van der Waals surface area contributed by atoms with Gasteiger partial charge in [-0.3, -0.25) is 9.69 Å². The largest absolute Gasteiger partial charge is 0.465 e. The van der Waals surface area contributed by atoms with Gasteiger partial charge in [0.25, 0.3) is 0 Å². The molecule has 3 fully saturated rings. The summed E-state index contributed by atoms with van der Waals surface area (Å²) in [7, 11) is 0. The zero-order valence-corrected chi connectivity index (χ0v) is 21.0. The van der Waals surface area contributed by atoms with Crippen LogP contribution >= 0.6 is 0 Å². The Morgan fingerprint density at radius 3 is 2.53 bits per heavy atom. The number of allylic oxidation sites excluding steroid dienone is 1. The predicted molar refractivity (Wildman–Crippen MR) is 147 cm³/mol. The minimum atomic E-state index is -0.911. The van der Waals surface area contributed by atoms with Gasteiger partial charge in [0.1, 0.15) is 11.8 Å². The topological polar surface area (TPSA) is 91.6 Å². The second-order valence-corrected chi connectivity index (χ2v) is 10.0. The van der Waals surface area contributed by atoms with Crippen LogP contribution in [0, 0.1) is 5.92 Å². The van der Waals surface area contributed by atoms with Crippen molar-refractivity contribution in [1.29, 1.82) is 0 Å². The van der Waals surface area contributed by atoms with E-state index in [1.165, 1.54) is 0 Å². The number of hydrogen-bond acceptors (Lipinski definition) is 5. The number of amides is 1. The average Bonchev–Trinajstić information content (AvgIpc) is 3.36. The van der Waals surface area contributed by atoms with Crippen molar-refractivity contribution >= 4 is 35.2 Å². The Kier molecular flexibility index (Phi) is 6.47. The Morgan fingerprint density at radius 1 is 1.03 bits per heavy atom. The van der Waals surface area contributed by atoms with Crippen LogP contribution in [0.5, 0.6) is 0 Å². The van der Waals surface area contributed by atoms with Crippen molar-refractivity contribution in [2.24, 2.45) is 5.92 Å². The molecule has 3 aromatic carbocycles. The number of rotatable bonds is 7. The summed E-state index contributed by atoms with van der Waals surface area (Å²) in [5.41, 5.74) is 5.63. The fourth-order valence-corrected chi connectivity index (χ4v) is 5.85. The van der Waals surface area contributed by atoms with Gasteiger partial charge in [0, 0.05) is 17.7 Å². The zero-order chi connectivity index (χ0) is 26.1. The van der Waals surface area contributed by atoms with E-state index in [0.29, 0.717) is 23.5 Å². The first kappa shape index (κ1) is 24.1. The molecule has 3 saturated heterocycles. The maximum absolute atomic E-state index is 12.8. The fraction of sp³-hybridized carbons (Fsp3) is 0.267. The molecular formula is C30H29N5O3. The lowest BCUT2D eigenvalue weighted by atomic mass is 9.82. The predicted octanol–water partition coefficient (Wildman–Crippen LogP) is 5.20. The Morgan fingerprint density at radius 2 is 1.82 bits per heavy atom. The molecule has 8 nitrogen and oxygen atoms in total.